The van der Waals surface area contributed by atoms with Crippen molar-refractivity contribution in [3.63, 3.8) is 0 Å². The number of anilines is 2. The lowest BCUT2D eigenvalue weighted by molar-refractivity contribution is -0.115. The molecule has 0 radical (unpaired) electrons. The summed E-state index contributed by atoms with van der Waals surface area (Å²) in [6, 6.07) is 18.2. The molecule has 1 heterocycles. The van der Waals surface area contributed by atoms with Crippen molar-refractivity contribution in [1.82, 2.24) is 4.98 Å². The molecule has 0 unspecified atom stereocenters. The minimum Gasteiger partial charge on any atom is -0.326 e. The van der Waals surface area contributed by atoms with Crippen LogP contribution in [0.3, 0.4) is 0 Å². The maximum Gasteiger partial charge on any atom is 0.259 e. The number of aromatic nitrogens is 1. The Morgan fingerprint density at radius 1 is 0.968 bits per heavy atom. The van der Waals surface area contributed by atoms with E-state index in [2.05, 4.69) is 10.3 Å². The third-order valence-corrected chi connectivity index (χ3v) is 6.49. The molecule has 31 heavy (non-hydrogen) atoms. The number of nitrogens with one attached hydrogen (secondary N) is 1. The molecule has 0 aliphatic rings. The zero-order chi connectivity index (χ0) is 22.4. The number of carbonyl (C=O) groups excluding carboxylic acids is 2. The van der Waals surface area contributed by atoms with Crippen molar-refractivity contribution >= 4 is 33.2 Å². The average molecular weight is 438 g/mol. The molecule has 0 aliphatic carbocycles. The SMILES string of the molecule is CCS(=O)(=O)c1ccc(CC(=O)Nc2ccc(C(=O)N(C)c3ccccn3)cc2)cc1. The van der Waals surface area contributed by atoms with Gasteiger partial charge in [0, 0.05) is 24.5 Å². The minimum atomic E-state index is -3.26. The molecule has 3 aromatic rings. The first-order chi connectivity index (χ1) is 14.8. The third kappa shape index (κ3) is 5.55. The molecule has 1 N–H and O–H groups in total. The predicted molar refractivity (Wildman–Crippen MR) is 120 cm³/mol. The highest BCUT2D eigenvalue weighted by molar-refractivity contribution is 7.91. The number of carbonyl (C=O) groups is 2. The van der Waals surface area contributed by atoms with Gasteiger partial charge in [0.05, 0.1) is 17.1 Å². The molecule has 0 saturated carbocycles. The Kier molecular flexibility index (Phi) is 6.81. The molecule has 2 aromatic carbocycles. The molecule has 0 bridgehead atoms. The molecule has 0 fully saturated rings. The molecular formula is C23H23N3O4S. The van der Waals surface area contributed by atoms with Gasteiger partial charge in [-0.15, -0.1) is 0 Å². The van der Waals surface area contributed by atoms with Crippen LogP contribution in [0.2, 0.25) is 0 Å². The van der Waals surface area contributed by atoms with Gasteiger partial charge >= 0.3 is 0 Å². The van der Waals surface area contributed by atoms with E-state index in [-0.39, 0.29) is 28.9 Å². The Morgan fingerprint density at radius 2 is 1.65 bits per heavy atom. The number of amides is 2. The smallest absolute Gasteiger partial charge is 0.259 e. The van der Waals surface area contributed by atoms with Crippen LogP contribution < -0.4 is 10.2 Å². The van der Waals surface area contributed by atoms with Gasteiger partial charge in [0.2, 0.25) is 5.91 Å². The van der Waals surface area contributed by atoms with Crippen molar-refractivity contribution in [3.8, 4) is 0 Å². The van der Waals surface area contributed by atoms with Crippen LogP contribution in [-0.2, 0) is 21.1 Å². The summed E-state index contributed by atoms with van der Waals surface area (Å²) in [5.74, 6) is 0.125. The second-order valence-corrected chi connectivity index (χ2v) is 9.18. The van der Waals surface area contributed by atoms with Gasteiger partial charge in [-0.1, -0.05) is 25.1 Å². The van der Waals surface area contributed by atoms with Gasteiger partial charge in [0.25, 0.3) is 5.91 Å². The summed E-state index contributed by atoms with van der Waals surface area (Å²) in [4.78, 5) is 30.8. The zero-order valence-corrected chi connectivity index (χ0v) is 18.1. The van der Waals surface area contributed by atoms with Crippen molar-refractivity contribution in [2.24, 2.45) is 0 Å². The van der Waals surface area contributed by atoms with Gasteiger partial charge in [0.15, 0.2) is 9.84 Å². The van der Waals surface area contributed by atoms with E-state index in [1.807, 2.05) is 0 Å². The average Bonchev–Trinajstić information content (AvgIpc) is 2.79. The molecule has 0 aliphatic heterocycles. The van der Waals surface area contributed by atoms with Crippen molar-refractivity contribution < 1.29 is 18.0 Å². The van der Waals surface area contributed by atoms with Gasteiger partial charge in [-0.2, -0.15) is 0 Å². The number of nitrogens with zero attached hydrogens (tertiary/aromatic N) is 2. The van der Waals surface area contributed by atoms with Crippen LogP contribution >= 0.6 is 0 Å². The lowest BCUT2D eigenvalue weighted by Crippen LogP contribution is -2.26. The van der Waals surface area contributed by atoms with E-state index >= 15 is 0 Å². The molecule has 1 aromatic heterocycles. The molecule has 0 saturated heterocycles. The van der Waals surface area contributed by atoms with Crippen LogP contribution in [0.1, 0.15) is 22.8 Å². The number of hydrogen-bond acceptors (Lipinski definition) is 5. The molecule has 8 heteroatoms. The molecule has 0 atom stereocenters. The fraction of sp³-hybridized carbons (Fsp3) is 0.174. The summed E-state index contributed by atoms with van der Waals surface area (Å²) in [5.41, 5.74) is 1.74. The maximum atomic E-state index is 12.6. The third-order valence-electron chi connectivity index (χ3n) is 4.74. The Hall–Kier alpha value is -3.52. The van der Waals surface area contributed by atoms with E-state index in [0.29, 0.717) is 22.6 Å². The molecule has 0 spiro atoms. The number of sulfone groups is 1. The first-order valence-corrected chi connectivity index (χ1v) is 11.4. The largest absolute Gasteiger partial charge is 0.326 e. The van der Waals surface area contributed by atoms with E-state index in [1.54, 1.807) is 74.8 Å². The lowest BCUT2D eigenvalue weighted by Gasteiger charge is -2.16. The first-order valence-electron chi connectivity index (χ1n) is 9.71. The second kappa shape index (κ2) is 9.53. The van der Waals surface area contributed by atoms with Crippen LogP contribution in [-0.4, -0.2) is 38.0 Å². The van der Waals surface area contributed by atoms with Crippen molar-refractivity contribution in [2.75, 3.05) is 23.0 Å². The highest BCUT2D eigenvalue weighted by Crippen LogP contribution is 2.16. The van der Waals surface area contributed by atoms with Gasteiger partial charge in [0.1, 0.15) is 5.82 Å². The molecular weight excluding hydrogens is 414 g/mol. The summed E-state index contributed by atoms with van der Waals surface area (Å²) in [6.07, 6.45) is 1.73. The van der Waals surface area contributed by atoms with Crippen LogP contribution in [0.15, 0.2) is 77.8 Å². The van der Waals surface area contributed by atoms with Gasteiger partial charge in [-0.25, -0.2) is 13.4 Å². The summed E-state index contributed by atoms with van der Waals surface area (Å²) in [7, 11) is -1.61. The van der Waals surface area contributed by atoms with E-state index in [0.717, 1.165) is 0 Å². The fourth-order valence-electron chi connectivity index (χ4n) is 2.92. The first kappa shape index (κ1) is 22.2. The lowest BCUT2D eigenvalue weighted by atomic mass is 10.1. The monoisotopic (exact) mass is 437 g/mol. The Labute approximate surface area is 181 Å². The second-order valence-electron chi connectivity index (χ2n) is 6.90. The summed E-state index contributed by atoms with van der Waals surface area (Å²) < 4.78 is 23.7. The topological polar surface area (TPSA) is 96.4 Å². The quantitative estimate of drug-likeness (QED) is 0.612. The molecule has 7 nitrogen and oxygen atoms in total. The summed E-state index contributed by atoms with van der Waals surface area (Å²) >= 11 is 0. The van der Waals surface area contributed by atoms with Crippen LogP contribution in [0, 0.1) is 0 Å². The van der Waals surface area contributed by atoms with Crippen molar-refractivity contribution in [1.29, 1.82) is 0 Å². The summed E-state index contributed by atoms with van der Waals surface area (Å²) in [5, 5.41) is 2.78. The van der Waals surface area contributed by atoms with E-state index in [9.17, 15) is 18.0 Å². The fourth-order valence-corrected chi connectivity index (χ4v) is 3.80. The van der Waals surface area contributed by atoms with E-state index < -0.39 is 9.84 Å². The van der Waals surface area contributed by atoms with Crippen molar-refractivity contribution in [2.45, 2.75) is 18.2 Å². The van der Waals surface area contributed by atoms with Gasteiger partial charge in [-0.3, -0.25) is 14.5 Å². The Balaban J connectivity index is 1.60. The molecule has 3 rings (SSSR count). The molecule has 2 amide bonds. The van der Waals surface area contributed by atoms with Crippen molar-refractivity contribution in [3.05, 3.63) is 84.1 Å². The minimum absolute atomic E-state index is 0.0307. The maximum absolute atomic E-state index is 12.6. The zero-order valence-electron chi connectivity index (χ0n) is 17.3. The molecule has 160 valence electrons. The highest BCUT2D eigenvalue weighted by Gasteiger charge is 2.15. The van der Waals surface area contributed by atoms with E-state index in [1.165, 1.54) is 17.0 Å². The number of pyridine rings is 1. The van der Waals surface area contributed by atoms with E-state index in [4.69, 9.17) is 0 Å². The number of benzene rings is 2. The van der Waals surface area contributed by atoms with Crippen LogP contribution in [0.5, 0.6) is 0 Å². The summed E-state index contributed by atoms with van der Waals surface area (Å²) in [6.45, 7) is 1.59. The van der Waals surface area contributed by atoms with Gasteiger partial charge < -0.3 is 5.32 Å². The number of rotatable bonds is 7. The van der Waals surface area contributed by atoms with Crippen LogP contribution in [0.4, 0.5) is 11.5 Å². The number of hydrogen-bond donors (Lipinski definition) is 1. The standard InChI is InChI=1S/C23H23N3O4S/c1-3-31(29,30)20-13-7-17(8-14-20)16-22(27)25-19-11-9-18(10-12-19)23(28)26(2)21-6-4-5-15-24-21/h4-15H,3,16H2,1-2H3,(H,25,27). The Bertz CT molecular complexity index is 1160. The van der Waals surface area contributed by atoms with Crippen LogP contribution in [0.25, 0.3) is 0 Å². The van der Waals surface area contributed by atoms with Gasteiger partial charge in [-0.05, 0) is 54.1 Å². The predicted octanol–water partition coefficient (Wildman–Crippen LogP) is 3.33. The highest BCUT2D eigenvalue weighted by atomic mass is 32.2. The Morgan fingerprint density at radius 3 is 2.23 bits per heavy atom. The normalized spacial score (nSPS) is 11.0.